The van der Waals surface area contributed by atoms with Gasteiger partial charge in [0.2, 0.25) is 0 Å². The van der Waals surface area contributed by atoms with Crippen molar-refractivity contribution in [3.05, 3.63) is 51.0 Å². The van der Waals surface area contributed by atoms with Crippen molar-refractivity contribution in [2.75, 3.05) is 0 Å². The van der Waals surface area contributed by atoms with Crippen LogP contribution in [-0.2, 0) is 6.61 Å². The summed E-state index contributed by atoms with van der Waals surface area (Å²) in [5, 5.41) is 9.54. The summed E-state index contributed by atoms with van der Waals surface area (Å²) in [6.45, 7) is 0.0257. The third-order valence-corrected chi connectivity index (χ3v) is 4.09. The van der Waals surface area contributed by atoms with E-state index in [4.69, 9.17) is 5.11 Å². The first-order chi connectivity index (χ1) is 8.20. The van der Waals surface area contributed by atoms with Crippen LogP contribution in [0.3, 0.4) is 0 Å². The number of H-pyrrole nitrogens is 1. The third-order valence-electron chi connectivity index (χ3n) is 2.09. The van der Waals surface area contributed by atoms with Crippen LogP contribution in [0, 0.1) is 0 Å². The number of nitrogens with one attached hydrogen (secondary N) is 1. The van der Waals surface area contributed by atoms with Crippen molar-refractivity contribution in [1.29, 1.82) is 0 Å². The van der Waals surface area contributed by atoms with E-state index in [2.05, 4.69) is 25.9 Å². The quantitative estimate of drug-likeness (QED) is 0.853. The van der Waals surface area contributed by atoms with E-state index >= 15 is 0 Å². The highest BCUT2D eigenvalue weighted by atomic mass is 79.9. The van der Waals surface area contributed by atoms with E-state index in [1.807, 2.05) is 24.3 Å². The number of hydrogen-bond donors (Lipinski definition) is 2. The highest BCUT2D eigenvalue weighted by molar-refractivity contribution is 9.10. The fraction of sp³-hybridized carbons (Fsp3) is 0.0909. The molecule has 0 aliphatic carbocycles. The third kappa shape index (κ3) is 2.96. The first kappa shape index (κ1) is 12.3. The molecule has 2 N–H and O–H groups in total. The minimum atomic E-state index is -0.200. The molecule has 6 heteroatoms. The first-order valence-corrected chi connectivity index (χ1v) is 6.42. The zero-order valence-corrected chi connectivity index (χ0v) is 11.1. The largest absolute Gasteiger partial charge is 0.392 e. The van der Waals surface area contributed by atoms with Gasteiger partial charge < -0.3 is 10.1 Å². The SMILES string of the molecule is O=c1[nH]cnc(Sc2ccc(CO)cc2)c1Br. The molecule has 0 saturated carbocycles. The number of benzene rings is 1. The Morgan fingerprint density at radius 2 is 2.06 bits per heavy atom. The summed E-state index contributed by atoms with van der Waals surface area (Å²) >= 11 is 4.59. The standard InChI is InChI=1S/C11H9BrN2O2S/c12-9-10(16)13-6-14-11(9)17-8-3-1-7(5-15)2-4-8/h1-4,6,15H,5H2,(H,13,14,16). The maximum absolute atomic E-state index is 11.3. The van der Waals surface area contributed by atoms with Gasteiger partial charge in [-0.2, -0.15) is 0 Å². The summed E-state index contributed by atoms with van der Waals surface area (Å²) in [7, 11) is 0. The Labute approximate surface area is 110 Å². The second kappa shape index (κ2) is 5.48. The second-order valence-electron chi connectivity index (χ2n) is 3.25. The van der Waals surface area contributed by atoms with Gasteiger partial charge in [0.1, 0.15) is 9.50 Å². The number of hydrogen-bond acceptors (Lipinski definition) is 4. The maximum atomic E-state index is 11.3. The highest BCUT2D eigenvalue weighted by Crippen LogP contribution is 2.29. The Bertz CT molecular complexity index is 568. The number of aliphatic hydroxyl groups is 1. The number of nitrogens with zero attached hydrogens (tertiary/aromatic N) is 1. The van der Waals surface area contributed by atoms with Crippen LogP contribution in [0.5, 0.6) is 0 Å². The molecule has 1 heterocycles. The molecular formula is C11H9BrN2O2S. The number of rotatable bonds is 3. The Balaban J connectivity index is 2.25. The number of aliphatic hydroxyl groups excluding tert-OH is 1. The summed E-state index contributed by atoms with van der Waals surface area (Å²) in [6, 6.07) is 7.43. The molecule has 1 aromatic heterocycles. The zero-order chi connectivity index (χ0) is 12.3. The molecule has 4 nitrogen and oxygen atoms in total. The van der Waals surface area contributed by atoms with Gasteiger partial charge in [-0.25, -0.2) is 4.98 Å². The molecule has 2 rings (SSSR count). The molecule has 0 aliphatic heterocycles. The average molecular weight is 313 g/mol. The molecule has 88 valence electrons. The number of aromatic amines is 1. The molecule has 0 saturated heterocycles. The number of aromatic nitrogens is 2. The van der Waals surface area contributed by atoms with Gasteiger partial charge in [0.05, 0.1) is 12.9 Å². The van der Waals surface area contributed by atoms with Gasteiger partial charge >= 0.3 is 0 Å². The van der Waals surface area contributed by atoms with Gasteiger partial charge in [0.15, 0.2) is 0 Å². The Morgan fingerprint density at radius 3 is 2.71 bits per heavy atom. The van der Waals surface area contributed by atoms with Crippen molar-refractivity contribution in [3.63, 3.8) is 0 Å². The maximum Gasteiger partial charge on any atom is 0.266 e. The van der Waals surface area contributed by atoms with Crippen LogP contribution in [0.15, 0.2) is 49.8 Å². The van der Waals surface area contributed by atoms with E-state index in [1.54, 1.807) is 0 Å². The van der Waals surface area contributed by atoms with E-state index in [0.717, 1.165) is 10.5 Å². The van der Waals surface area contributed by atoms with E-state index in [-0.39, 0.29) is 12.2 Å². The monoisotopic (exact) mass is 312 g/mol. The van der Waals surface area contributed by atoms with Gasteiger partial charge in [-0.05, 0) is 33.6 Å². The van der Waals surface area contributed by atoms with E-state index in [1.165, 1.54) is 18.1 Å². The van der Waals surface area contributed by atoms with Gasteiger partial charge in [-0.1, -0.05) is 23.9 Å². The molecule has 0 spiro atoms. The molecule has 0 fully saturated rings. The molecule has 0 amide bonds. The molecule has 1 aromatic carbocycles. The zero-order valence-electron chi connectivity index (χ0n) is 8.68. The van der Waals surface area contributed by atoms with Gasteiger partial charge in [0, 0.05) is 4.90 Å². The van der Waals surface area contributed by atoms with Crippen LogP contribution in [-0.4, -0.2) is 15.1 Å². The summed E-state index contributed by atoms with van der Waals surface area (Å²) in [5.41, 5.74) is 0.654. The van der Waals surface area contributed by atoms with Gasteiger partial charge in [-0.3, -0.25) is 4.79 Å². The van der Waals surface area contributed by atoms with Crippen LogP contribution in [0.1, 0.15) is 5.56 Å². The molecule has 0 unspecified atom stereocenters. The van der Waals surface area contributed by atoms with Crippen molar-refractivity contribution in [2.45, 2.75) is 16.5 Å². The summed E-state index contributed by atoms with van der Waals surface area (Å²) < 4.78 is 0.427. The van der Waals surface area contributed by atoms with Crippen LogP contribution in [0.2, 0.25) is 0 Å². The van der Waals surface area contributed by atoms with Crippen molar-refractivity contribution in [3.8, 4) is 0 Å². The Kier molecular flexibility index (Phi) is 3.98. The minimum absolute atomic E-state index is 0.0257. The van der Waals surface area contributed by atoms with Crippen molar-refractivity contribution in [1.82, 2.24) is 9.97 Å². The molecular weight excluding hydrogens is 304 g/mol. The Hall–Kier alpha value is -1.11. The van der Waals surface area contributed by atoms with Gasteiger partial charge in [0.25, 0.3) is 5.56 Å². The van der Waals surface area contributed by atoms with Crippen LogP contribution < -0.4 is 5.56 Å². The lowest BCUT2D eigenvalue weighted by molar-refractivity contribution is 0.282. The summed E-state index contributed by atoms with van der Waals surface area (Å²) in [6.07, 6.45) is 1.37. The fourth-order valence-electron chi connectivity index (χ4n) is 1.21. The number of halogens is 1. The Morgan fingerprint density at radius 1 is 1.35 bits per heavy atom. The predicted octanol–water partition coefficient (Wildman–Crippen LogP) is 2.18. The van der Waals surface area contributed by atoms with Crippen LogP contribution >= 0.6 is 27.7 Å². The van der Waals surface area contributed by atoms with E-state index in [0.29, 0.717) is 9.50 Å². The molecule has 0 aliphatic rings. The summed E-state index contributed by atoms with van der Waals surface area (Å²) in [5.74, 6) is 0. The smallest absolute Gasteiger partial charge is 0.266 e. The van der Waals surface area contributed by atoms with Crippen LogP contribution in [0.25, 0.3) is 0 Å². The minimum Gasteiger partial charge on any atom is -0.392 e. The summed E-state index contributed by atoms with van der Waals surface area (Å²) in [4.78, 5) is 18.9. The van der Waals surface area contributed by atoms with Crippen molar-refractivity contribution < 1.29 is 5.11 Å². The van der Waals surface area contributed by atoms with Crippen molar-refractivity contribution in [2.24, 2.45) is 0 Å². The fourth-order valence-corrected chi connectivity index (χ4v) is 2.46. The lowest BCUT2D eigenvalue weighted by atomic mass is 10.2. The molecule has 2 aromatic rings. The molecule has 0 radical (unpaired) electrons. The molecule has 0 atom stereocenters. The van der Waals surface area contributed by atoms with Crippen LogP contribution in [0.4, 0.5) is 0 Å². The first-order valence-electron chi connectivity index (χ1n) is 4.81. The second-order valence-corrected chi connectivity index (χ2v) is 5.11. The molecule has 0 bridgehead atoms. The lowest BCUT2D eigenvalue weighted by Crippen LogP contribution is -2.07. The average Bonchev–Trinajstić information content (AvgIpc) is 2.36. The normalized spacial score (nSPS) is 10.5. The predicted molar refractivity (Wildman–Crippen MR) is 69.0 cm³/mol. The topological polar surface area (TPSA) is 66.0 Å². The van der Waals surface area contributed by atoms with E-state index in [9.17, 15) is 4.79 Å². The van der Waals surface area contributed by atoms with Crippen molar-refractivity contribution >= 4 is 27.7 Å². The highest BCUT2D eigenvalue weighted by Gasteiger charge is 2.06. The molecule has 17 heavy (non-hydrogen) atoms. The lowest BCUT2D eigenvalue weighted by Gasteiger charge is -2.03. The van der Waals surface area contributed by atoms with Gasteiger partial charge in [-0.15, -0.1) is 0 Å². The van der Waals surface area contributed by atoms with E-state index < -0.39 is 0 Å².